The van der Waals surface area contributed by atoms with Crippen LogP contribution in [0.2, 0.25) is 0 Å². The van der Waals surface area contributed by atoms with Gasteiger partial charge in [0.05, 0.1) is 18.7 Å². The van der Waals surface area contributed by atoms with Crippen LogP contribution in [0.3, 0.4) is 0 Å². The zero-order chi connectivity index (χ0) is 31.4. The van der Waals surface area contributed by atoms with Gasteiger partial charge < -0.3 is 19.4 Å². The molecule has 3 unspecified atom stereocenters. The monoisotopic (exact) mass is 596 g/mol. The lowest BCUT2D eigenvalue weighted by Crippen LogP contribution is -2.57. The average molecular weight is 597 g/mol. The quantitative estimate of drug-likeness (QED) is 0.201. The van der Waals surface area contributed by atoms with E-state index in [0.717, 1.165) is 29.5 Å². The Morgan fingerprint density at radius 3 is 1.77 bits per heavy atom. The van der Waals surface area contributed by atoms with Crippen LogP contribution in [0.5, 0.6) is 0 Å². The number of ether oxygens (including phenoxy) is 1. The third kappa shape index (κ3) is 5.83. The van der Waals surface area contributed by atoms with Crippen LogP contribution < -0.4 is 0 Å². The summed E-state index contributed by atoms with van der Waals surface area (Å²) in [5, 5.41) is 0. The molecule has 4 atom stereocenters. The maximum Gasteiger partial charge on any atom is 0.328 e. The summed E-state index contributed by atoms with van der Waals surface area (Å²) in [6.45, 7) is 5.54. The molecule has 232 valence electrons. The number of likely N-dealkylation sites (tertiary alicyclic amines) is 1. The number of benzene rings is 3. The van der Waals surface area contributed by atoms with Crippen molar-refractivity contribution in [3.05, 3.63) is 108 Å². The molecule has 2 aliphatic heterocycles. The van der Waals surface area contributed by atoms with Gasteiger partial charge in [0, 0.05) is 33.7 Å². The Kier molecular flexibility index (Phi) is 9.39. The maximum absolute atomic E-state index is 14.2. The molecule has 5 rings (SSSR count). The van der Waals surface area contributed by atoms with Crippen molar-refractivity contribution >= 4 is 17.9 Å². The molecule has 2 heterocycles. The van der Waals surface area contributed by atoms with Gasteiger partial charge in [0.1, 0.15) is 12.1 Å². The number of carbonyl (C=O) groups is 3. The topological polar surface area (TPSA) is 73.2 Å². The highest BCUT2D eigenvalue weighted by molar-refractivity contribution is 5.86. The van der Waals surface area contributed by atoms with Crippen molar-refractivity contribution in [3.63, 3.8) is 0 Å². The van der Waals surface area contributed by atoms with E-state index in [1.54, 1.807) is 19.0 Å². The highest BCUT2D eigenvalue weighted by Gasteiger charge is 2.57. The lowest BCUT2D eigenvalue weighted by Gasteiger charge is -2.41. The Hall–Kier alpha value is -4.17. The molecule has 3 aromatic rings. The van der Waals surface area contributed by atoms with Gasteiger partial charge in [-0.25, -0.2) is 9.59 Å². The molecule has 8 heteroatoms. The Bertz CT molecular complexity index is 1340. The summed E-state index contributed by atoms with van der Waals surface area (Å²) >= 11 is 0. The van der Waals surface area contributed by atoms with E-state index in [1.807, 2.05) is 36.9 Å². The molecule has 0 aromatic heterocycles. The Morgan fingerprint density at radius 2 is 1.32 bits per heavy atom. The van der Waals surface area contributed by atoms with Crippen molar-refractivity contribution in [2.75, 3.05) is 40.8 Å². The Morgan fingerprint density at radius 1 is 0.818 bits per heavy atom. The number of carbonyl (C=O) groups excluding carboxylic acids is 3. The van der Waals surface area contributed by atoms with Gasteiger partial charge in [-0.1, -0.05) is 105 Å². The minimum Gasteiger partial charge on any atom is -0.467 e. The third-order valence-electron chi connectivity index (χ3n) is 9.25. The van der Waals surface area contributed by atoms with Crippen LogP contribution >= 0.6 is 0 Å². The lowest BCUT2D eigenvalue weighted by atomic mass is 9.76. The molecule has 3 amide bonds. The molecule has 0 radical (unpaired) electrons. The summed E-state index contributed by atoms with van der Waals surface area (Å²) in [4.78, 5) is 47.6. The maximum atomic E-state index is 14.2. The number of amides is 3. The van der Waals surface area contributed by atoms with Crippen molar-refractivity contribution in [1.82, 2.24) is 19.6 Å². The van der Waals surface area contributed by atoms with E-state index in [2.05, 4.69) is 77.7 Å². The molecule has 44 heavy (non-hydrogen) atoms. The molecule has 0 saturated carbocycles. The van der Waals surface area contributed by atoms with Gasteiger partial charge in [-0.2, -0.15) is 0 Å². The van der Waals surface area contributed by atoms with Gasteiger partial charge >= 0.3 is 12.0 Å². The average Bonchev–Trinajstić information content (AvgIpc) is 3.86. The Labute approximate surface area is 261 Å². The first-order chi connectivity index (χ1) is 21.2. The molecule has 0 bridgehead atoms. The third-order valence-corrected chi connectivity index (χ3v) is 9.25. The van der Waals surface area contributed by atoms with Gasteiger partial charge in [0.15, 0.2) is 0 Å². The van der Waals surface area contributed by atoms with Crippen molar-refractivity contribution in [2.24, 2.45) is 5.92 Å². The second-order valence-corrected chi connectivity index (χ2v) is 12.3. The van der Waals surface area contributed by atoms with Gasteiger partial charge in [-0.3, -0.25) is 9.69 Å². The van der Waals surface area contributed by atoms with E-state index in [4.69, 9.17) is 4.74 Å². The molecule has 3 aromatic carbocycles. The van der Waals surface area contributed by atoms with E-state index in [-0.39, 0.29) is 29.9 Å². The fourth-order valence-electron chi connectivity index (χ4n) is 6.96. The summed E-state index contributed by atoms with van der Waals surface area (Å²) in [6.07, 6.45) is 1.59. The lowest BCUT2D eigenvalue weighted by molar-refractivity contribution is -0.147. The number of hydrogen-bond donors (Lipinski definition) is 0. The normalized spacial score (nSPS) is 20.5. The number of urea groups is 1. The van der Waals surface area contributed by atoms with E-state index in [9.17, 15) is 14.4 Å². The van der Waals surface area contributed by atoms with Crippen LogP contribution in [0, 0.1) is 5.92 Å². The second-order valence-electron chi connectivity index (χ2n) is 12.3. The molecular weight excluding hydrogens is 552 g/mol. The first-order valence-electron chi connectivity index (χ1n) is 15.5. The number of piperidine rings is 1. The van der Waals surface area contributed by atoms with Crippen molar-refractivity contribution < 1.29 is 19.1 Å². The second kappa shape index (κ2) is 13.2. The number of esters is 1. The smallest absolute Gasteiger partial charge is 0.328 e. The molecule has 0 aliphatic carbocycles. The molecule has 2 aliphatic rings. The summed E-state index contributed by atoms with van der Waals surface area (Å²) in [7, 11) is 4.75. The van der Waals surface area contributed by atoms with Crippen LogP contribution in [0.4, 0.5) is 4.79 Å². The SMILES string of the molecule is COC(=O)C(C(C)C)N(C)C(=O)N(C)[C@H]1CCCN(C(=O)C2CN2C(c2ccccc2)(c2ccccc2)c2ccccc2)C1. The van der Waals surface area contributed by atoms with Crippen LogP contribution in [-0.4, -0.2) is 96.5 Å². The highest BCUT2D eigenvalue weighted by atomic mass is 16.5. The minimum absolute atomic E-state index is 0.0886. The number of hydrogen-bond acceptors (Lipinski definition) is 5. The number of rotatable bonds is 9. The van der Waals surface area contributed by atoms with Gasteiger partial charge in [0.2, 0.25) is 5.91 Å². The van der Waals surface area contributed by atoms with Crippen molar-refractivity contribution in [3.8, 4) is 0 Å². The van der Waals surface area contributed by atoms with Gasteiger partial charge in [0.25, 0.3) is 0 Å². The summed E-state index contributed by atoms with van der Waals surface area (Å²) < 4.78 is 4.98. The molecule has 0 N–H and O–H groups in total. The van der Waals surface area contributed by atoms with Gasteiger partial charge in [-0.15, -0.1) is 0 Å². The number of likely N-dealkylation sites (N-methyl/N-ethyl adjacent to an activating group) is 2. The predicted octanol–water partition coefficient (Wildman–Crippen LogP) is 4.83. The summed E-state index contributed by atoms with van der Waals surface area (Å²) in [5.41, 5.74) is 2.71. The number of nitrogens with zero attached hydrogens (tertiary/aromatic N) is 4. The van der Waals surface area contributed by atoms with Crippen LogP contribution in [0.25, 0.3) is 0 Å². The highest BCUT2D eigenvalue weighted by Crippen LogP contribution is 2.48. The molecule has 2 fully saturated rings. The predicted molar refractivity (Wildman–Crippen MR) is 171 cm³/mol. The zero-order valence-corrected chi connectivity index (χ0v) is 26.4. The van der Waals surface area contributed by atoms with E-state index < -0.39 is 17.6 Å². The first kappa shape index (κ1) is 31.3. The fourth-order valence-corrected chi connectivity index (χ4v) is 6.96. The Balaban J connectivity index is 1.39. The van der Waals surface area contributed by atoms with Crippen LogP contribution in [-0.2, 0) is 19.9 Å². The largest absolute Gasteiger partial charge is 0.467 e. The zero-order valence-electron chi connectivity index (χ0n) is 26.4. The van der Waals surface area contributed by atoms with E-state index in [1.165, 1.54) is 12.0 Å². The summed E-state index contributed by atoms with van der Waals surface area (Å²) in [5.74, 6) is -0.447. The van der Waals surface area contributed by atoms with Crippen LogP contribution in [0.1, 0.15) is 43.4 Å². The van der Waals surface area contributed by atoms with Crippen molar-refractivity contribution in [1.29, 1.82) is 0 Å². The van der Waals surface area contributed by atoms with E-state index >= 15 is 0 Å². The minimum atomic E-state index is -0.682. The fraction of sp³-hybridized carbons (Fsp3) is 0.417. The van der Waals surface area contributed by atoms with E-state index in [0.29, 0.717) is 19.6 Å². The molecular formula is C36H44N4O4. The molecule has 8 nitrogen and oxygen atoms in total. The standard InChI is InChI=1S/C36H44N4O4/c1-26(2)32(34(42)44-5)38(4)35(43)37(3)30-22-15-23-39(24-30)33(41)31-25-40(31)36(27-16-9-6-10-17-27,28-18-11-7-12-19-28)29-20-13-8-14-21-29/h6-14,16-21,26,30-32H,15,22-25H2,1-5H3/t30-,31?,32?,40?/m0/s1. The first-order valence-corrected chi connectivity index (χ1v) is 15.5. The summed E-state index contributed by atoms with van der Waals surface area (Å²) in [6, 6.07) is 29.9. The molecule has 2 saturated heterocycles. The van der Waals surface area contributed by atoms with Gasteiger partial charge in [-0.05, 0) is 35.4 Å². The molecule has 0 spiro atoms. The van der Waals surface area contributed by atoms with Crippen molar-refractivity contribution in [2.45, 2.75) is 50.4 Å². The number of methoxy groups -OCH3 is 1. The van der Waals surface area contributed by atoms with Crippen LogP contribution in [0.15, 0.2) is 91.0 Å².